The van der Waals surface area contributed by atoms with Gasteiger partial charge in [0.05, 0.1) is 13.2 Å². The highest BCUT2D eigenvalue weighted by Crippen LogP contribution is 2.20. The fourth-order valence-corrected chi connectivity index (χ4v) is 2.22. The highest BCUT2D eigenvalue weighted by molar-refractivity contribution is 6.03. The average molecular weight is 270 g/mol. The summed E-state index contributed by atoms with van der Waals surface area (Å²) in [5.41, 5.74) is -1.06. The van der Waals surface area contributed by atoms with Crippen LogP contribution in [-0.4, -0.2) is 67.4 Å². The number of ether oxygens (including phenoxy) is 1. The number of esters is 1. The molecule has 0 aromatic heterocycles. The average Bonchev–Trinajstić information content (AvgIpc) is 2.32. The predicted octanol–water partition coefficient (Wildman–Crippen LogP) is 0.781. The normalized spacial score (nSPS) is 22.3. The van der Waals surface area contributed by atoms with Gasteiger partial charge in [-0.2, -0.15) is 0 Å². The van der Waals surface area contributed by atoms with Crippen molar-refractivity contribution in [3.63, 3.8) is 0 Å². The molecule has 0 amide bonds. The molecule has 19 heavy (non-hydrogen) atoms. The first-order valence-corrected chi connectivity index (χ1v) is 6.92. The zero-order chi connectivity index (χ0) is 14.6. The lowest BCUT2D eigenvalue weighted by molar-refractivity contribution is -0.158. The monoisotopic (exact) mass is 270 g/mol. The molecule has 0 saturated carbocycles. The van der Waals surface area contributed by atoms with Gasteiger partial charge in [-0.3, -0.25) is 14.5 Å². The second-order valence-corrected chi connectivity index (χ2v) is 5.85. The molecule has 1 aliphatic rings. The minimum atomic E-state index is -1.06. The number of likely N-dealkylation sites (N-methyl/N-ethyl adjacent to an activating group) is 1. The maximum Gasteiger partial charge on any atom is 0.319 e. The summed E-state index contributed by atoms with van der Waals surface area (Å²) in [7, 11) is 2.08. The molecule has 0 bridgehead atoms. The first kappa shape index (κ1) is 16.1. The summed E-state index contributed by atoms with van der Waals surface area (Å²) in [5.74, 6) is -0.496. The second kappa shape index (κ2) is 6.48. The molecule has 1 unspecified atom stereocenters. The van der Waals surface area contributed by atoms with E-state index in [2.05, 4.69) is 23.8 Å². The number of carbonyl (C=O) groups is 2. The Morgan fingerprint density at radius 1 is 1.32 bits per heavy atom. The molecule has 0 spiro atoms. The lowest BCUT2D eigenvalue weighted by Crippen LogP contribution is -2.53. The van der Waals surface area contributed by atoms with Crippen LogP contribution in [0.15, 0.2) is 0 Å². The summed E-state index contributed by atoms with van der Waals surface area (Å²) in [6, 6.07) is 0.334. The number of ketones is 1. The Kier molecular flexibility index (Phi) is 5.50. The van der Waals surface area contributed by atoms with Gasteiger partial charge in [-0.15, -0.1) is 0 Å². The number of rotatable bonds is 5. The minimum absolute atomic E-state index is 0.0673. The topological polar surface area (TPSA) is 49.9 Å². The molecule has 5 heteroatoms. The molecule has 1 saturated heterocycles. The van der Waals surface area contributed by atoms with Crippen LogP contribution in [0.1, 0.15) is 27.7 Å². The fourth-order valence-electron chi connectivity index (χ4n) is 2.22. The zero-order valence-corrected chi connectivity index (χ0v) is 12.7. The molecule has 1 fully saturated rings. The Hall–Kier alpha value is -0.940. The lowest BCUT2D eigenvalue weighted by Gasteiger charge is -2.38. The first-order chi connectivity index (χ1) is 8.78. The third kappa shape index (κ3) is 4.01. The third-order valence-corrected chi connectivity index (χ3v) is 3.80. The van der Waals surface area contributed by atoms with Crippen LogP contribution in [0.3, 0.4) is 0 Å². The van der Waals surface area contributed by atoms with E-state index in [4.69, 9.17) is 4.74 Å². The van der Waals surface area contributed by atoms with Crippen LogP contribution >= 0.6 is 0 Å². The smallest absolute Gasteiger partial charge is 0.319 e. The summed E-state index contributed by atoms with van der Waals surface area (Å²) >= 11 is 0. The van der Waals surface area contributed by atoms with E-state index in [1.165, 1.54) is 0 Å². The van der Waals surface area contributed by atoms with Gasteiger partial charge >= 0.3 is 5.97 Å². The van der Waals surface area contributed by atoms with Crippen LogP contribution in [0, 0.1) is 5.41 Å². The Bertz CT molecular complexity index is 342. The molecule has 0 aliphatic carbocycles. The number of nitrogens with zero attached hydrogens (tertiary/aromatic N) is 2. The van der Waals surface area contributed by atoms with E-state index in [0.29, 0.717) is 19.2 Å². The van der Waals surface area contributed by atoms with Gasteiger partial charge in [-0.05, 0) is 34.7 Å². The van der Waals surface area contributed by atoms with Crippen LogP contribution in [0.5, 0.6) is 0 Å². The molecule has 1 heterocycles. The van der Waals surface area contributed by atoms with Crippen molar-refractivity contribution in [1.82, 2.24) is 9.80 Å². The van der Waals surface area contributed by atoms with E-state index < -0.39 is 11.4 Å². The quantitative estimate of drug-likeness (QED) is 0.546. The third-order valence-electron chi connectivity index (χ3n) is 3.80. The zero-order valence-electron chi connectivity index (χ0n) is 12.7. The molecule has 0 aromatic rings. The summed E-state index contributed by atoms with van der Waals surface area (Å²) in [5, 5.41) is 0. The second-order valence-electron chi connectivity index (χ2n) is 5.85. The maximum atomic E-state index is 12.3. The van der Waals surface area contributed by atoms with Gasteiger partial charge in [-0.1, -0.05) is 0 Å². The summed E-state index contributed by atoms with van der Waals surface area (Å²) in [6.45, 7) is 10.6. The van der Waals surface area contributed by atoms with Crippen molar-refractivity contribution in [2.45, 2.75) is 33.7 Å². The van der Waals surface area contributed by atoms with Crippen LogP contribution in [-0.2, 0) is 14.3 Å². The highest BCUT2D eigenvalue weighted by atomic mass is 16.5. The van der Waals surface area contributed by atoms with Gasteiger partial charge in [0.15, 0.2) is 5.78 Å². The SMILES string of the molecule is CCOC(=O)C(C)(C)C(=O)CN1CCN(C)CC1C. The van der Waals surface area contributed by atoms with Crippen molar-refractivity contribution in [3.05, 3.63) is 0 Å². The van der Waals surface area contributed by atoms with Crippen molar-refractivity contribution < 1.29 is 14.3 Å². The van der Waals surface area contributed by atoms with Crippen LogP contribution < -0.4 is 0 Å². The minimum Gasteiger partial charge on any atom is -0.465 e. The maximum absolute atomic E-state index is 12.3. The molecule has 0 aromatic carbocycles. The predicted molar refractivity (Wildman–Crippen MR) is 74.0 cm³/mol. The molecule has 1 rings (SSSR count). The number of piperazine rings is 1. The summed E-state index contributed by atoms with van der Waals surface area (Å²) in [4.78, 5) is 28.5. The van der Waals surface area contributed by atoms with E-state index in [1.807, 2.05) is 0 Å². The Labute approximate surface area is 115 Å². The molecule has 110 valence electrons. The van der Waals surface area contributed by atoms with Gasteiger partial charge in [-0.25, -0.2) is 0 Å². The lowest BCUT2D eigenvalue weighted by atomic mass is 9.87. The Morgan fingerprint density at radius 3 is 2.47 bits per heavy atom. The van der Waals surface area contributed by atoms with Crippen molar-refractivity contribution >= 4 is 11.8 Å². The van der Waals surface area contributed by atoms with Crippen molar-refractivity contribution in [2.24, 2.45) is 5.41 Å². The summed E-state index contributed by atoms with van der Waals surface area (Å²) < 4.78 is 4.97. The van der Waals surface area contributed by atoms with Gasteiger partial charge in [0, 0.05) is 25.7 Å². The summed E-state index contributed by atoms with van der Waals surface area (Å²) in [6.07, 6.45) is 0. The van der Waals surface area contributed by atoms with Gasteiger partial charge in [0.1, 0.15) is 5.41 Å². The number of hydrogen-bond donors (Lipinski definition) is 0. The molecule has 1 atom stereocenters. The van der Waals surface area contributed by atoms with Gasteiger partial charge in [0.2, 0.25) is 0 Å². The van der Waals surface area contributed by atoms with Crippen LogP contribution in [0.4, 0.5) is 0 Å². The van der Waals surface area contributed by atoms with Gasteiger partial charge in [0.25, 0.3) is 0 Å². The van der Waals surface area contributed by atoms with E-state index in [0.717, 1.165) is 19.6 Å². The standard InChI is InChI=1S/C14H26N2O3/c1-6-19-13(18)14(3,4)12(17)10-16-8-7-15(5)9-11(16)2/h11H,6-10H2,1-5H3. The molecular formula is C14H26N2O3. The molecule has 1 aliphatic heterocycles. The van der Waals surface area contributed by atoms with Crippen LogP contribution in [0.25, 0.3) is 0 Å². The van der Waals surface area contributed by atoms with E-state index in [9.17, 15) is 9.59 Å². The largest absolute Gasteiger partial charge is 0.465 e. The number of hydrogen-bond acceptors (Lipinski definition) is 5. The molecular weight excluding hydrogens is 244 g/mol. The fraction of sp³-hybridized carbons (Fsp3) is 0.857. The number of Topliss-reactive ketones (excluding diaryl/α,β-unsaturated/α-hetero) is 1. The Balaban J connectivity index is 2.61. The van der Waals surface area contributed by atoms with E-state index in [1.54, 1.807) is 20.8 Å². The van der Waals surface area contributed by atoms with Gasteiger partial charge < -0.3 is 9.64 Å². The first-order valence-electron chi connectivity index (χ1n) is 6.92. The highest BCUT2D eigenvalue weighted by Gasteiger charge is 2.38. The van der Waals surface area contributed by atoms with Crippen LogP contribution in [0.2, 0.25) is 0 Å². The molecule has 0 radical (unpaired) electrons. The van der Waals surface area contributed by atoms with Crippen molar-refractivity contribution in [2.75, 3.05) is 39.8 Å². The van der Waals surface area contributed by atoms with Crippen molar-refractivity contribution in [3.8, 4) is 0 Å². The van der Waals surface area contributed by atoms with E-state index in [-0.39, 0.29) is 5.78 Å². The Morgan fingerprint density at radius 2 is 1.95 bits per heavy atom. The number of carbonyl (C=O) groups excluding carboxylic acids is 2. The van der Waals surface area contributed by atoms with Crippen molar-refractivity contribution in [1.29, 1.82) is 0 Å². The molecule has 0 N–H and O–H groups in total. The van der Waals surface area contributed by atoms with E-state index >= 15 is 0 Å². The molecule has 5 nitrogen and oxygen atoms in total.